The molecule has 15 heavy (non-hydrogen) atoms. The molecule has 0 aliphatic heterocycles. The quantitative estimate of drug-likeness (QED) is 0.708. The van der Waals surface area contributed by atoms with Crippen molar-refractivity contribution in [1.82, 2.24) is 0 Å². The molecule has 0 amide bonds. The zero-order valence-electron chi connectivity index (χ0n) is 9.13. The Balaban J connectivity index is 3.44. The second-order valence-electron chi connectivity index (χ2n) is 3.23. The van der Waals surface area contributed by atoms with Crippen molar-refractivity contribution >= 4 is 5.78 Å². The number of Topliss-reactive ketones (excluding diaryl/α,β-unsaturated/α-hetero) is 1. The molecular formula is C12H13NO2. The highest BCUT2D eigenvalue weighted by Gasteiger charge is 2.11. The minimum absolute atomic E-state index is 0.0208. The molecule has 0 spiro atoms. The summed E-state index contributed by atoms with van der Waals surface area (Å²) in [5, 5.41) is 8.98. The van der Waals surface area contributed by atoms with Crippen LogP contribution in [0.1, 0.15) is 35.3 Å². The van der Waals surface area contributed by atoms with E-state index in [9.17, 15) is 4.79 Å². The molecule has 0 unspecified atom stereocenters. The molecule has 1 rings (SSSR count). The molecule has 1 aromatic rings. The first-order valence-corrected chi connectivity index (χ1v) is 4.76. The Kier molecular flexibility index (Phi) is 3.46. The van der Waals surface area contributed by atoms with Gasteiger partial charge in [0.05, 0.1) is 12.7 Å². The summed E-state index contributed by atoms with van der Waals surface area (Å²) in [6, 6.07) is 5.46. The molecule has 0 fully saturated rings. The lowest BCUT2D eigenvalue weighted by atomic mass is 10.00. The number of ketones is 1. The van der Waals surface area contributed by atoms with E-state index >= 15 is 0 Å². The average Bonchev–Trinajstić information content (AvgIpc) is 2.26. The molecule has 1 aromatic carbocycles. The molecule has 0 bridgehead atoms. The maximum atomic E-state index is 11.2. The number of hydrogen-bond donors (Lipinski definition) is 0. The number of aryl methyl sites for hydroxylation is 1. The van der Waals surface area contributed by atoms with Gasteiger partial charge in [-0.1, -0.05) is 6.92 Å². The Hall–Kier alpha value is -1.82. The van der Waals surface area contributed by atoms with Crippen molar-refractivity contribution in [2.24, 2.45) is 0 Å². The molecule has 0 saturated carbocycles. The Morgan fingerprint density at radius 2 is 2.20 bits per heavy atom. The van der Waals surface area contributed by atoms with Crippen LogP contribution in [-0.4, -0.2) is 12.9 Å². The molecule has 0 atom stereocenters. The van der Waals surface area contributed by atoms with E-state index in [1.54, 1.807) is 12.1 Å². The number of carbonyl (C=O) groups is 1. The van der Waals surface area contributed by atoms with Gasteiger partial charge in [-0.3, -0.25) is 4.79 Å². The molecule has 3 heteroatoms. The van der Waals surface area contributed by atoms with Crippen molar-refractivity contribution in [3.8, 4) is 11.8 Å². The second kappa shape index (κ2) is 4.61. The van der Waals surface area contributed by atoms with Crippen molar-refractivity contribution in [3.63, 3.8) is 0 Å². The normalized spacial score (nSPS) is 9.47. The van der Waals surface area contributed by atoms with Crippen LogP contribution in [0.15, 0.2) is 12.1 Å². The first-order valence-electron chi connectivity index (χ1n) is 4.76. The van der Waals surface area contributed by atoms with E-state index in [2.05, 4.69) is 6.07 Å². The third kappa shape index (κ3) is 2.16. The molecule has 3 nitrogen and oxygen atoms in total. The number of ether oxygens (including phenoxy) is 1. The Morgan fingerprint density at radius 1 is 1.53 bits per heavy atom. The number of benzene rings is 1. The summed E-state index contributed by atoms with van der Waals surface area (Å²) >= 11 is 0. The van der Waals surface area contributed by atoms with E-state index < -0.39 is 0 Å². The Labute approximate surface area is 89.3 Å². The summed E-state index contributed by atoms with van der Waals surface area (Å²) in [4.78, 5) is 11.2. The van der Waals surface area contributed by atoms with Crippen LogP contribution in [0.3, 0.4) is 0 Å². The number of rotatable bonds is 3. The maximum Gasteiger partial charge on any atom is 0.159 e. The van der Waals surface area contributed by atoms with Gasteiger partial charge in [0.2, 0.25) is 0 Å². The van der Waals surface area contributed by atoms with E-state index in [0.717, 1.165) is 5.56 Å². The predicted molar refractivity (Wildman–Crippen MR) is 57.1 cm³/mol. The van der Waals surface area contributed by atoms with Crippen LogP contribution in [0, 0.1) is 11.3 Å². The molecule has 0 saturated heterocycles. The van der Waals surface area contributed by atoms with E-state index in [-0.39, 0.29) is 5.78 Å². The first-order chi connectivity index (χ1) is 7.13. The van der Waals surface area contributed by atoms with E-state index in [1.165, 1.54) is 14.0 Å². The van der Waals surface area contributed by atoms with Gasteiger partial charge < -0.3 is 4.74 Å². The van der Waals surface area contributed by atoms with Gasteiger partial charge in [0.15, 0.2) is 5.78 Å². The summed E-state index contributed by atoms with van der Waals surface area (Å²) in [7, 11) is 1.50. The minimum atomic E-state index is -0.0208. The SMILES string of the molecule is CCc1cc(C(C)=O)cc(OC)c1C#N. The second-order valence-corrected chi connectivity index (χ2v) is 3.23. The van der Waals surface area contributed by atoms with Crippen molar-refractivity contribution in [3.05, 3.63) is 28.8 Å². The number of nitrogens with zero attached hydrogens (tertiary/aromatic N) is 1. The topological polar surface area (TPSA) is 50.1 Å². The zero-order valence-corrected chi connectivity index (χ0v) is 9.13. The third-order valence-corrected chi connectivity index (χ3v) is 2.30. The van der Waals surface area contributed by atoms with Crippen LogP contribution < -0.4 is 4.74 Å². The summed E-state index contributed by atoms with van der Waals surface area (Å²) in [6.45, 7) is 3.44. The van der Waals surface area contributed by atoms with Gasteiger partial charge in [-0.05, 0) is 31.0 Å². The smallest absolute Gasteiger partial charge is 0.159 e. The Morgan fingerprint density at radius 3 is 2.60 bits per heavy atom. The highest BCUT2D eigenvalue weighted by Crippen LogP contribution is 2.24. The van der Waals surface area contributed by atoms with E-state index in [1.807, 2.05) is 6.92 Å². The number of nitriles is 1. The first kappa shape index (κ1) is 11.3. The maximum absolute atomic E-state index is 11.2. The molecule has 0 aromatic heterocycles. The lowest BCUT2D eigenvalue weighted by Gasteiger charge is -2.09. The number of hydrogen-bond acceptors (Lipinski definition) is 3. The highest BCUT2D eigenvalue weighted by molar-refractivity contribution is 5.95. The van der Waals surface area contributed by atoms with Gasteiger partial charge in [-0.2, -0.15) is 5.26 Å². The van der Waals surface area contributed by atoms with Crippen molar-refractivity contribution in [1.29, 1.82) is 5.26 Å². The lowest BCUT2D eigenvalue weighted by Crippen LogP contribution is -2.00. The van der Waals surface area contributed by atoms with Crippen LogP contribution in [0.2, 0.25) is 0 Å². The van der Waals surface area contributed by atoms with Gasteiger partial charge in [0, 0.05) is 5.56 Å². The third-order valence-electron chi connectivity index (χ3n) is 2.30. The number of carbonyl (C=O) groups excluding carboxylic acids is 1. The number of methoxy groups -OCH3 is 1. The summed E-state index contributed by atoms with van der Waals surface area (Å²) in [5.41, 5.74) is 1.95. The molecule has 0 heterocycles. The zero-order chi connectivity index (χ0) is 11.4. The van der Waals surface area contributed by atoms with Crippen LogP contribution >= 0.6 is 0 Å². The monoisotopic (exact) mass is 203 g/mol. The molecule has 0 aliphatic carbocycles. The average molecular weight is 203 g/mol. The van der Waals surface area contributed by atoms with E-state index in [0.29, 0.717) is 23.3 Å². The minimum Gasteiger partial charge on any atom is -0.495 e. The fourth-order valence-corrected chi connectivity index (χ4v) is 1.44. The van der Waals surface area contributed by atoms with E-state index in [4.69, 9.17) is 10.00 Å². The van der Waals surface area contributed by atoms with Gasteiger partial charge >= 0.3 is 0 Å². The standard InChI is InChI=1S/C12H13NO2/c1-4-9-5-10(8(2)14)6-12(15-3)11(9)7-13/h5-6H,4H2,1-3H3. The van der Waals surface area contributed by atoms with Crippen molar-refractivity contribution < 1.29 is 9.53 Å². The van der Waals surface area contributed by atoms with Crippen molar-refractivity contribution in [2.75, 3.05) is 7.11 Å². The molecular weight excluding hydrogens is 190 g/mol. The fourth-order valence-electron chi connectivity index (χ4n) is 1.44. The summed E-state index contributed by atoms with van der Waals surface area (Å²) in [6.07, 6.45) is 0.709. The molecule has 0 radical (unpaired) electrons. The van der Waals surface area contributed by atoms with Crippen LogP contribution in [0.25, 0.3) is 0 Å². The Bertz CT molecular complexity index is 405. The largest absolute Gasteiger partial charge is 0.495 e. The lowest BCUT2D eigenvalue weighted by molar-refractivity contribution is 0.101. The van der Waals surface area contributed by atoms with Crippen molar-refractivity contribution in [2.45, 2.75) is 20.3 Å². The van der Waals surface area contributed by atoms with Gasteiger partial charge in [-0.25, -0.2) is 0 Å². The van der Waals surface area contributed by atoms with Crippen LogP contribution in [-0.2, 0) is 6.42 Å². The van der Waals surface area contributed by atoms with Gasteiger partial charge in [0.25, 0.3) is 0 Å². The van der Waals surface area contributed by atoms with Crippen LogP contribution in [0.4, 0.5) is 0 Å². The molecule has 0 N–H and O–H groups in total. The van der Waals surface area contributed by atoms with Gasteiger partial charge in [0.1, 0.15) is 11.8 Å². The van der Waals surface area contributed by atoms with Gasteiger partial charge in [-0.15, -0.1) is 0 Å². The highest BCUT2D eigenvalue weighted by atomic mass is 16.5. The van der Waals surface area contributed by atoms with Crippen LogP contribution in [0.5, 0.6) is 5.75 Å². The molecule has 78 valence electrons. The molecule has 0 aliphatic rings. The summed E-state index contributed by atoms with van der Waals surface area (Å²) < 4.78 is 5.09. The fraction of sp³-hybridized carbons (Fsp3) is 0.333. The predicted octanol–water partition coefficient (Wildman–Crippen LogP) is 2.33. The summed E-state index contributed by atoms with van der Waals surface area (Å²) in [5.74, 6) is 0.453.